The van der Waals surface area contributed by atoms with Crippen LogP contribution in [0.1, 0.15) is 51.4 Å². The summed E-state index contributed by atoms with van der Waals surface area (Å²) in [5.74, 6) is 0.931. The van der Waals surface area contributed by atoms with E-state index < -0.39 is 0 Å². The van der Waals surface area contributed by atoms with Crippen LogP contribution in [-0.2, 0) is 0 Å². The van der Waals surface area contributed by atoms with Crippen molar-refractivity contribution < 1.29 is 0 Å². The summed E-state index contributed by atoms with van der Waals surface area (Å²) >= 11 is 6.10. The van der Waals surface area contributed by atoms with Crippen molar-refractivity contribution in [3.05, 3.63) is 11.1 Å². The number of hydrogen-bond donors (Lipinski definition) is 0. The van der Waals surface area contributed by atoms with E-state index in [2.05, 4.69) is 28.6 Å². The second-order valence-electron chi connectivity index (χ2n) is 5.14. The molecule has 1 aromatic rings. The van der Waals surface area contributed by atoms with Gasteiger partial charge in [0.15, 0.2) is 0 Å². The maximum atomic E-state index is 6.10. The molecule has 0 radical (unpaired) electrons. The zero-order chi connectivity index (χ0) is 11.1. The molecule has 0 aromatic carbocycles. The van der Waals surface area contributed by atoms with Gasteiger partial charge in [-0.3, -0.25) is 4.57 Å². The fourth-order valence-corrected chi connectivity index (χ4v) is 2.93. The van der Waals surface area contributed by atoms with Gasteiger partial charge in [0.05, 0.1) is 0 Å². The second-order valence-corrected chi connectivity index (χ2v) is 5.47. The van der Waals surface area contributed by atoms with Gasteiger partial charge in [0.2, 0.25) is 5.28 Å². The number of hydrogen-bond acceptors (Lipinski definition) is 2. The minimum Gasteiger partial charge on any atom is -0.298 e. The Morgan fingerprint density at radius 2 is 2.07 bits per heavy atom. The molecule has 1 aliphatic carbocycles. The molecular formula is C11H18ClN3. The van der Waals surface area contributed by atoms with Crippen LogP contribution in [0, 0.1) is 12.3 Å². The first kappa shape index (κ1) is 10.9. The van der Waals surface area contributed by atoms with Gasteiger partial charge < -0.3 is 0 Å². The molecule has 84 valence electrons. The average molecular weight is 228 g/mol. The van der Waals surface area contributed by atoms with E-state index in [1.165, 1.54) is 25.7 Å². The predicted molar refractivity (Wildman–Crippen MR) is 61.1 cm³/mol. The van der Waals surface area contributed by atoms with E-state index in [1.54, 1.807) is 0 Å². The van der Waals surface area contributed by atoms with E-state index in [9.17, 15) is 0 Å². The molecule has 0 saturated heterocycles. The van der Waals surface area contributed by atoms with Crippen LogP contribution in [0.4, 0.5) is 0 Å². The van der Waals surface area contributed by atoms with Crippen molar-refractivity contribution in [3.63, 3.8) is 0 Å². The zero-order valence-corrected chi connectivity index (χ0v) is 10.4. The van der Waals surface area contributed by atoms with E-state index in [-0.39, 0.29) is 0 Å². The fourth-order valence-electron chi connectivity index (χ4n) is 2.65. The number of nitrogens with zero attached hydrogens (tertiary/aromatic N) is 3. The highest BCUT2D eigenvalue weighted by atomic mass is 35.5. The highest BCUT2D eigenvalue weighted by molar-refractivity contribution is 6.28. The van der Waals surface area contributed by atoms with Crippen molar-refractivity contribution in [1.29, 1.82) is 0 Å². The third-order valence-corrected chi connectivity index (χ3v) is 3.84. The summed E-state index contributed by atoms with van der Waals surface area (Å²) in [5, 5.41) is 8.51. The van der Waals surface area contributed by atoms with Gasteiger partial charge in [0.25, 0.3) is 0 Å². The maximum Gasteiger partial charge on any atom is 0.225 e. The normalized spacial score (nSPS) is 25.5. The van der Waals surface area contributed by atoms with Crippen LogP contribution in [0.3, 0.4) is 0 Å². The summed E-state index contributed by atoms with van der Waals surface area (Å²) in [6.07, 6.45) is 5.04. The third-order valence-electron chi connectivity index (χ3n) is 3.59. The van der Waals surface area contributed by atoms with Gasteiger partial charge >= 0.3 is 0 Å². The lowest BCUT2D eigenvalue weighted by atomic mass is 9.73. The molecule has 1 heterocycles. The summed E-state index contributed by atoms with van der Waals surface area (Å²) in [7, 11) is 0. The molecule has 0 bridgehead atoms. The molecule has 1 atom stereocenters. The lowest BCUT2D eigenvalue weighted by molar-refractivity contribution is 0.142. The molecule has 15 heavy (non-hydrogen) atoms. The van der Waals surface area contributed by atoms with Crippen LogP contribution in [0.5, 0.6) is 0 Å². The maximum absolute atomic E-state index is 6.10. The fraction of sp³-hybridized carbons (Fsp3) is 0.818. The highest BCUT2D eigenvalue weighted by Crippen LogP contribution is 2.44. The topological polar surface area (TPSA) is 30.7 Å². The van der Waals surface area contributed by atoms with Crippen molar-refractivity contribution in [2.24, 2.45) is 5.41 Å². The van der Waals surface area contributed by atoms with Gasteiger partial charge in [0, 0.05) is 6.04 Å². The lowest BCUT2D eigenvalue weighted by Crippen LogP contribution is -2.31. The first-order chi connectivity index (χ1) is 7.02. The minimum atomic E-state index is 0.301. The Balaban J connectivity index is 2.37. The Morgan fingerprint density at radius 3 is 2.60 bits per heavy atom. The van der Waals surface area contributed by atoms with E-state index >= 15 is 0 Å². The monoisotopic (exact) mass is 227 g/mol. The van der Waals surface area contributed by atoms with Crippen LogP contribution in [-0.4, -0.2) is 14.8 Å². The minimum absolute atomic E-state index is 0.301. The number of aryl methyl sites for hydroxylation is 1. The van der Waals surface area contributed by atoms with Crippen LogP contribution in [0.25, 0.3) is 0 Å². The molecule has 0 amide bonds. The Hall–Kier alpha value is -0.570. The molecule has 3 nitrogen and oxygen atoms in total. The van der Waals surface area contributed by atoms with Crippen LogP contribution >= 0.6 is 11.6 Å². The molecule has 0 spiro atoms. The zero-order valence-electron chi connectivity index (χ0n) is 9.63. The van der Waals surface area contributed by atoms with Gasteiger partial charge in [-0.05, 0) is 36.8 Å². The van der Waals surface area contributed by atoms with Gasteiger partial charge in [-0.15, -0.1) is 10.2 Å². The SMILES string of the molecule is Cc1nnc(Cl)n1C1CCCCC1(C)C. The van der Waals surface area contributed by atoms with Crippen LogP contribution in [0.15, 0.2) is 0 Å². The number of rotatable bonds is 1. The summed E-state index contributed by atoms with van der Waals surface area (Å²) in [5.41, 5.74) is 0.301. The molecule has 1 aromatic heterocycles. The van der Waals surface area contributed by atoms with Crippen LogP contribution in [0.2, 0.25) is 5.28 Å². The van der Waals surface area contributed by atoms with Crippen LogP contribution < -0.4 is 0 Å². The standard InChI is InChI=1S/C11H18ClN3/c1-8-13-14-10(12)15(8)9-6-4-5-7-11(9,2)3/h9H,4-7H2,1-3H3. The Kier molecular flexibility index (Phi) is 2.75. The summed E-state index contributed by atoms with van der Waals surface area (Å²) in [6.45, 7) is 6.60. The van der Waals surface area contributed by atoms with E-state index in [0.29, 0.717) is 16.7 Å². The van der Waals surface area contributed by atoms with Crippen molar-refractivity contribution in [3.8, 4) is 0 Å². The Bertz CT molecular complexity index is 337. The first-order valence-corrected chi connectivity index (χ1v) is 5.97. The first-order valence-electron chi connectivity index (χ1n) is 5.59. The van der Waals surface area contributed by atoms with Gasteiger partial charge in [0.1, 0.15) is 5.82 Å². The molecule has 0 N–H and O–H groups in total. The summed E-state index contributed by atoms with van der Waals surface area (Å²) in [4.78, 5) is 0. The molecule has 1 fully saturated rings. The van der Waals surface area contributed by atoms with E-state index in [4.69, 9.17) is 11.6 Å². The smallest absolute Gasteiger partial charge is 0.225 e. The van der Waals surface area contributed by atoms with Gasteiger partial charge in [-0.25, -0.2) is 0 Å². The largest absolute Gasteiger partial charge is 0.298 e. The average Bonchev–Trinajstić information content (AvgIpc) is 2.47. The number of aromatic nitrogens is 3. The quantitative estimate of drug-likeness (QED) is 0.737. The lowest BCUT2D eigenvalue weighted by Gasteiger charge is -2.39. The van der Waals surface area contributed by atoms with Crippen molar-refractivity contribution in [2.45, 2.75) is 52.5 Å². The predicted octanol–water partition coefficient (Wildman–Crippen LogP) is 3.38. The van der Waals surface area contributed by atoms with E-state index in [0.717, 1.165) is 5.82 Å². The summed E-state index contributed by atoms with van der Waals surface area (Å²) < 4.78 is 2.10. The molecule has 2 rings (SSSR count). The molecular weight excluding hydrogens is 210 g/mol. The Labute approximate surface area is 95.8 Å². The Morgan fingerprint density at radius 1 is 1.33 bits per heavy atom. The summed E-state index contributed by atoms with van der Waals surface area (Å²) in [6, 6.07) is 0.453. The molecule has 4 heteroatoms. The number of halogens is 1. The van der Waals surface area contributed by atoms with Gasteiger partial charge in [-0.1, -0.05) is 26.7 Å². The van der Waals surface area contributed by atoms with Crippen molar-refractivity contribution in [1.82, 2.24) is 14.8 Å². The second kappa shape index (κ2) is 3.78. The molecule has 1 unspecified atom stereocenters. The highest BCUT2D eigenvalue weighted by Gasteiger charge is 2.35. The molecule has 1 saturated carbocycles. The third kappa shape index (κ3) is 1.89. The van der Waals surface area contributed by atoms with E-state index in [1.807, 2.05) is 6.92 Å². The molecule has 1 aliphatic rings. The molecule has 0 aliphatic heterocycles. The van der Waals surface area contributed by atoms with Gasteiger partial charge in [-0.2, -0.15) is 0 Å². The van der Waals surface area contributed by atoms with Crippen molar-refractivity contribution in [2.75, 3.05) is 0 Å². The van der Waals surface area contributed by atoms with Crippen molar-refractivity contribution >= 4 is 11.6 Å².